The number of rotatable bonds is 7. The first-order valence-corrected chi connectivity index (χ1v) is 6.04. The summed E-state index contributed by atoms with van der Waals surface area (Å²) in [6.45, 7) is 0. The van der Waals surface area contributed by atoms with Crippen LogP contribution in [0, 0.1) is 0 Å². The van der Waals surface area contributed by atoms with E-state index in [0.29, 0.717) is 5.75 Å². The van der Waals surface area contributed by atoms with Gasteiger partial charge in [0.2, 0.25) is 0 Å². The molecule has 1 rings (SSSR count). The molecule has 0 saturated heterocycles. The molecular formula is C13H16N2O6. The van der Waals surface area contributed by atoms with Gasteiger partial charge in [-0.1, -0.05) is 0 Å². The largest absolute Gasteiger partial charge is 0.497 e. The first-order valence-electron chi connectivity index (χ1n) is 6.04. The standard InChI is InChI=1S/C13H16N2O6/c1-21-7-2-3-8(9(14)6-7)12(18)15-10(13(19)20)4-5-11(16)17/h2-3,6,10H,4-5,14H2,1H3,(H,15,18)(H,16,17)(H,19,20). The number of hydrogen-bond donors (Lipinski definition) is 4. The molecule has 0 aliphatic heterocycles. The summed E-state index contributed by atoms with van der Waals surface area (Å²) in [7, 11) is 1.45. The lowest BCUT2D eigenvalue weighted by molar-refractivity contribution is -0.140. The lowest BCUT2D eigenvalue weighted by atomic mass is 10.1. The number of ether oxygens (including phenoxy) is 1. The molecule has 0 saturated carbocycles. The summed E-state index contributed by atoms with van der Waals surface area (Å²) < 4.78 is 4.94. The number of nitrogens with one attached hydrogen (secondary N) is 1. The number of hydrogen-bond acceptors (Lipinski definition) is 5. The van der Waals surface area contributed by atoms with E-state index in [0.717, 1.165) is 0 Å². The Bertz CT molecular complexity index is 558. The van der Waals surface area contributed by atoms with Crippen molar-refractivity contribution in [3.05, 3.63) is 23.8 Å². The minimum absolute atomic E-state index is 0.0948. The van der Waals surface area contributed by atoms with E-state index < -0.39 is 23.9 Å². The van der Waals surface area contributed by atoms with Gasteiger partial charge in [0, 0.05) is 18.2 Å². The Morgan fingerprint density at radius 2 is 2.00 bits per heavy atom. The highest BCUT2D eigenvalue weighted by atomic mass is 16.5. The normalized spacial score (nSPS) is 11.5. The van der Waals surface area contributed by atoms with E-state index in [1.54, 1.807) is 0 Å². The van der Waals surface area contributed by atoms with Gasteiger partial charge < -0.3 is 26.0 Å². The van der Waals surface area contributed by atoms with Crippen molar-refractivity contribution < 1.29 is 29.3 Å². The number of carbonyl (C=O) groups is 3. The summed E-state index contributed by atoms with van der Waals surface area (Å²) in [5.41, 5.74) is 5.92. The number of carboxylic acids is 2. The van der Waals surface area contributed by atoms with Gasteiger partial charge in [0.25, 0.3) is 5.91 Å². The van der Waals surface area contributed by atoms with E-state index in [-0.39, 0.29) is 24.1 Å². The monoisotopic (exact) mass is 296 g/mol. The first kappa shape index (κ1) is 16.3. The Morgan fingerprint density at radius 3 is 2.48 bits per heavy atom. The number of nitrogens with two attached hydrogens (primary N) is 1. The maximum Gasteiger partial charge on any atom is 0.326 e. The summed E-state index contributed by atoms with van der Waals surface area (Å²) in [5, 5.41) is 19.8. The minimum Gasteiger partial charge on any atom is -0.497 e. The molecule has 21 heavy (non-hydrogen) atoms. The number of methoxy groups -OCH3 is 1. The van der Waals surface area contributed by atoms with Crippen LogP contribution in [0.4, 0.5) is 5.69 Å². The lowest BCUT2D eigenvalue weighted by Crippen LogP contribution is -2.41. The third kappa shape index (κ3) is 4.68. The first-order chi connectivity index (χ1) is 9.85. The van der Waals surface area contributed by atoms with Crippen molar-refractivity contribution in [1.82, 2.24) is 5.32 Å². The molecule has 0 aliphatic carbocycles. The van der Waals surface area contributed by atoms with Crippen molar-refractivity contribution in [2.24, 2.45) is 0 Å². The van der Waals surface area contributed by atoms with Crippen LogP contribution in [0.3, 0.4) is 0 Å². The van der Waals surface area contributed by atoms with Crippen molar-refractivity contribution in [3.8, 4) is 5.75 Å². The maximum absolute atomic E-state index is 12.0. The summed E-state index contributed by atoms with van der Waals surface area (Å²) in [6.07, 6.45) is -0.582. The summed E-state index contributed by atoms with van der Waals surface area (Å²) in [5.74, 6) is -2.67. The molecule has 1 amide bonds. The number of nitrogen functional groups attached to an aromatic ring is 1. The van der Waals surface area contributed by atoms with Crippen molar-refractivity contribution in [1.29, 1.82) is 0 Å². The second kappa shape index (κ2) is 7.13. The van der Waals surface area contributed by atoms with Crippen LogP contribution >= 0.6 is 0 Å². The molecule has 1 unspecified atom stereocenters. The van der Waals surface area contributed by atoms with E-state index in [2.05, 4.69) is 5.32 Å². The molecule has 0 radical (unpaired) electrons. The van der Waals surface area contributed by atoms with Gasteiger partial charge in [-0.2, -0.15) is 0 Å². The van der Waals surface area contributed by atoms with Crippen LogP contribution in [0.25, 0.3) is 0 Å². The van der Waals surface area contributed by atoms with Crippen molar-refractivity contribution >= 4 is 23.5 Å². The van der Waals surface area contributed by atoms with E-state index in [1.165, 1.54) is 25.3 Å². The predicted molar refractivity (Wildman–Crippen MR) is 73.2 cm³/mol. The van der Waals surface area contributed by atoms with Crippen LogP contribution in [0.15, 0.2) is 18.2 Å². The number of carbonyl (C=O) groups excluding carboxylic acids is 1. The number of carboxylic acid groups (broad SMARTS) is 2. The van der Waals surface area contributed by atoms with Gasteiger partial charge in [0.15, 0.2) is 0 Å². The van der Waals surface area contributed by atoms with Crippen LogP contribution in [-0.4, -0.2) is 41.2 Å². The van der Waals surface area contributed by atoms with Gasteiger partial charge in [-0.05, 0) is 18.6 Å². The average Bonchev–Trinajstić information content (AvgIpc) is 2.42. The molecule has 1 aromatic rings. The molecule has 0 aliphatic rings. The molecule has 8 nitrogen and oxygen atoms in total. The molecule has 0 fully saturated rings. The van der Waals surface area contributed by atoms with E-state index >= 15 is 0 Å². The fraction of sp³-hybridized carbons (Fsp3) is 0.308. The van der Waals surface area contributed by atoms with Gasteiger partial charge in [-0.15, -0.1) is 0 Å². The highest BCUT2D eigenvalue weighted by molar-refractivity contribution is 6.01. The summed E-state index contributed by atoms with van der Waals surface area (Å²) >= 11 is 0. The van der Waals surface area contributed by atoms with E-state index in [9.17, 15) is 14.4 Å². The second-order valence-corrected chi connectivity index (χ2v) is 4.25. The zero-order valence-electron chi connectivity index (χ0n) is 11.3. The van der Waals surface area contributed by atoms with Gasteiger partial charge in [-0.3, -0.25) is 9.59 Å². The van der Waals surface area contributed by atoms with Crippen LogP contribution in [0.5, 0.6) is 5.75 Å². The Morgan fingerprint density at radius 1 is 1.33 bits per heavy atom. The number of anilines is 1. The quantitative estimate of drug-likeness (QED) is 0.531. The van der Waals surface area contributed by atoms with Gasteiger partial charge in [-0.25, -0.2) is 4.79 Å². The predicted octanol–water partition coefficient (Wildman–Crippen LogP) is 0.325. The molecular weight excluding hydrogens is 280 g/mol. The highest BCUT2D eigenvalue weighted by Gasteiger charge is 2.22. The van der Waals surface area contributed by atoms with Crippen LogP contribution in [0.2, 0.25) is 0 Å². The third-order valence-corrected chi connectivity index (χ3v) is 2.75. The van der Waals surface area contributed by atoms with Gasteiger partial charge in [0.1, 0.15) is 11.8 Å². The van der Waals surface area contributed by atoms with Crippen LogP contribution < -0.4 is 15.8 Å². The van der Waals surface area contributed by atoms with Crippen LogP contribution in [0.1, 0.15) is 23.2 Å². The van der Waals surface area contributed by atoms with E-state index in [4.69, 9.17) is 20.7 Å². The molecule has 114 valence electrons. The summed E-state index contributed by atoms with van der Waals surface area (Å²) in [4.78, 5) is 33.5. The Hall–Kier alpha value is -2.77. The number of aliphatic carboxylic acids is 2. The van der Waals surface area contributed by atoms with E-state index in [1.807, 2.05) is 0 Å². The molecule has 0 heterocycles. The third-order valence-electron chi connectivity index (χ3n) is 2.75. The van der Waals surface area contributed by atoms with Gasteiger partial charge in [0.05, 0.1) is 12.7 Å². The zero-order chi connectivity index (χ0) is 16.0. The SMILES string of the molecule is COc1ccc(C(=O)NC(CCC(=O)O)C(=O)O)c(N)c1. The Kier molecular flexibility index (Phi) is 5.53. The maximum atomic E-state index is 12.0. The van der Waals surface area contributed by atoms with Gasteiger partial charge >= 0.3 is 11.9 Å². The Balaban J connectivity index is 2.82. The molecule has 5 N–H and O–H groups in total. The highest BCUT2D eigenvalue weighted by Crippen LogP contribution is 2.19. The average molecular weight is 296 g/mol. The molecule has 0 spiro atoms. The molecule has 1 atom stereocenters. The number of amides is 1. The zero-order valence-corrected chi connectivity index (χ0v) is 11.3. The molecule has 1 aromatic carbocycles. The van der Waals surface area contributed by atoms with Crippen molar-refractivity contribution in [2.75, 3.05) is 12.8 Å². The number of benzene rings is 1. The Labute approximate surface area is 120 Å². The molecule has 0 bridgehead atoms. The molecule has 0 aromatic heterocycles. The molecule has 8 heteroatoms. The minimum atomic E-state index is -1.31. The topological polar surface area (TPSA) is 139 Å². The van der Waals surface area contributed by atoms with Crippen molar-refractivity contribution in [2.45, 2.75) is 18.9 Å². The van der Waals surface area contributed by atoms with Crippen molar-refractivity contribution in [3.63, 3.8) is 0 Å². The fourth-order valence-corrected chi connectivity index (χ4v) is 1.64. The van der Waals surface area contributed by atoms with Crippen LogP contribution in [-0.2, 0) is 9.59 Å². The lowest BCUT2D eigenvalue weighted by Gasteiger charge is -2.14. The second-order valence-electron chi connectivity index (χ2n) is 4.25. The summed E-state index contributed by atoms with van der Waals surface area (Å²) in [6, 6.07) is 3.05. The smallest absolute Gasteiger partial charge is 0.326 e. The fourth-order valence-electron chi connectivity index (χ4n) is 1.64.